The lowest BCUT2D eigenvalue weighted by molar-refractivity contribution is 0.0975. The maximum absolute atomic E-state index is 11.9. The van der Waals surface area contributed by atoms with E-state index >= 15 is 0 Å². The topological polar surface area (TPSA) is 17.1 Å². The van der Waals surface area contributed by atoms with Crippen molar-refractivity contribution in [3.63, 3.8) is 0 Å². The Morgan fingerprint density at radius 3 is 2.67 bits per heavy atom. The number of carbonyl (C=O) groups excluding carboxylic acids is 1. The zero-order chi connectivity index (χ0) is 11.4. The molecule has 0 bridgehead atoms. The number of carbonyl (C=O) groups is 1. The molecule has 0 unspecified atom stereocenters. The summed E-state index contributed by atoms with van der Waals surface area (Å²) in [5, 5.41) is 0.633. The minimum atomic E-state index is 0.198. The van der Waals surface area contributed by atoms with Crippen LogP contribution in [0.4, 0.5) is 0 Å². The van der Waals surface area contributed by atoms with Crippen molar-refractivity contribution in [3.8, 4) is 0 Å². The molecule has 0 saturated carbocycles. The average molecular weight is 225 g/mol. The van der Waals surface area contributed by atoms with Crippen molar-refractivity contribution in [2.75, 3.05) is 0 Å². The van der Waals surface area contributed by atoms with Crippen LogP contribution in [-0.2, 0) is 0 Å². The molecule has 0 heterocycles. The van der Waals surface area contributed by atoms with E-state index in [1.54, 1.807) is 6.07 Å². The van der Waals surface area contributed by atoms with Gasteiger partial charge in [-0.05, 0) is 37.0 Å². The van der Waals surface area contributed by atoms with Crippen molar-refractivity contribution >= 4 is 17.4 Å². The maximum atomic E-state index is 11.9. The summed E-state index contributed by atoms with van der Waals surface area (Å²) < 4.78 is 0. The zero-order valence-corrected chi connectivity index (χ0v) is 10.3. The van der Waals surface area contributed by atoms with Crippen molar-refractivity contribution < 1.29 is 4.79 Å². The van der Waals surface area contributed by atoms with Gasteiger partial charge in [0.1, 0.15) is 0 Å². The molecule has 15 heavy (non-hydrogen) atoms. The highest BCUT2D eigenvalue weighted by molar-refractivity contribution is 6.31. The van der Waals surface area contributed by atoms with E-state index in [0.29, 0.717) is 17.4 Å². The third kappa shape index (κ3) is 3.67. The predicted octanol–water partition coefficient (Wildman–Crippen LogP) is 4.27. The van der Waals surface area contributed by atoms with Crippen LogP contribution >= 0.6 is 11.6 Å². The van der Waals surface area contributed by atoms with Crippen LogP contribution in [0.25, 0.3) is 0 Å². The summed E-state index contributed by atoms with van der Waals surface area (Å²) in [4.78, 5) is 11.9. The summed E-state index contributed by atoms with van der Waals surface area (Å²) in [5.41, 5.74) is 1.77. The SMILES string of the molecule is Cc1ccc(Cl)cc1C(=O)CCC(C)C. The predicted molar refractivity (Wildman–Crippen MR) is 64.6 cm³/mol. The Kier molecular flexibility index (Phi) is 4.34. The lowest BCUT2D eigenvalue weighted by Crippen LogP contribution is -2.03. The quantitative estimate of drug-likeness (QED) is 0.699. The van der Waals surface area contributed by atoms with Gasteiger partial charge in [-0.3, -0.25) is 4.79 Å². The van der Waals surface area contributed by atoms with Crippen LogP contribution < -0.4 is 0 Å². The first-order valence-electron chi connectivity index (χ1n) is 5.30. The van der Waals surface area contributed by atoms with Crippen LogP contribution in [0.5, 0.6) is 0 Å². The Morgan fingerprint density at radius 2 is 2.07 bits per heavy atom. The minimum absolute atomic E-state index is 0.198. The molecule has 1 rings (SSSR count). The summed E-state index contributed by atoms with van der Waals surface area (Å²) >= 11 is 5.87. The van der Waals surface area contributed by atoms with Gasteiger partial charge >= 0.3 is 0 Å². The van der Waals surface area contributed by atoms with Gasteiger partial charge in [0.05, 0.1) is 0 Å². The van der Waals surface area contributed by atoms with Crippen LogP contribution in [0.1, 0.15) is 42.6 Å². The molecule has 0 aliphatic rings. The highest BCUT2D eigenvalue weighted by atomic mass is 35.5. The number of hydrogen-bond acceptors (Lipinski definition) is 1. The molecule has 2 heteroatoms. The Labute approximate surface area is 96.5 Å². The molecule has 0 aliphatic carbocycles. The summed E-state index contributed by atoms with van der Waals surface area (Å²) in [6.45, 7) is 6.19. The summed E-state index contributed by atoms with van der Waals surface area (Å²) in [6, 6.07) is 5.47. The van der Waals surface area contributed by atoms with Gasteiger partial charge in [-0.2, -0.15) is 0 Å². The smallest absolute Gasteiger partial charge is 0.163 e. The van der Waals surface area contributed by atoms with Gasteiger partial charge in [-0.1, -0.05) is 31.5 Å². The molecule has 0 aliphatic heterocycles. The van der Waals surface area contributed by atoms with Crippen LogP contribution in [0.2, 0.25) is 5.02 Å². The lowest BCUT2D eigenvalue weighted by atomic mass is 9.98. The minimum Gasteiger partial charge on any atom is -0.294 e. The fraction of sp³-hybridized carbons (Fsp3) is 0.462. The monoisotopic (exact) mass is 224 g/mol. The van der Waals surface area contributed by atoms with E-state index in [0.717, 1.165) is 17.5 Å². The van der Waals surface area contributed by atoms with Crippen LogP contribution in [0.3, 0.4) is 0 Å². The van der Waals surface area contributed by atoms with E-state index in [9.17, 15) is 4.79 Å². The number of benzene rings is 1. The van der Waals surface area contributed by atoms with Crippen LogP contribution in [-0.4, -0.2) is 5.78 Å². The molecule has 0 fully saturated rings. The molecule has 1 nitrogen and oxygen atoms in total. The number of hydrogen-bond donors (Lipinski definition) is 0. The third-order valence-electron chi connectivity index (χ3n) is 2.45. The number of Topliss-reactive ketones (excluding diaryl/α,β-unsaturated/α-hetero) is 1. The standard InChI is InChI=1S/C13H17ClO/c1-9(2)4-7-13(15)12-8-11(14)6-5-10(12)3/h5-6,8-9H,4,7H2,1-3H3. The van der Waals surface area contributed by atoms with Crippen molar-refractivity contribution in [2.24, 2.45) is 5.92 Å². The van der Waals surface area contributed by atoms with Crippen molar-refractivity contribution in [1.82, 2.24) is 0 Å². The summed E-state index contributed by atoms with van der Waals surface area (Å²) in [5.74, 6) is 0.761. The van der Waals surface area contributed by atoms with E-state index in [1.165, 1.54) is 0 Å². The molecule has 0 N–H and O–H groups in total. The van der Waals surface area contributed by atoms with E-state index in [4.69, 9.17) is 11.6 Å². The van der Waals surface area contributed by atoms with Gasteiger partial charge in [0.15, 0.2) is 5.78 Å². The maximum Gasteiger partial charge on any atom is 0.163 e. The first kappa shape index (κ1) is 12.3. The van der Waals surface area contributed by atoms with Crippen LogP contribution in [0, 0.1) is 12.8 Å². The van der Waals surface area contributed by atoms with Crippen molar-refractivity contribution in [3.05, 3.63) is 34.3 Å². The first-order chi connectivity index (χ1) is 7.00. The molecule has 0 saturated heterocycles. The van der Waals surface area contributed by atoms with Gasteiger partial charge in [0.25, 0.3) is 0 Å². The Balaban J connectivity index is 2.77. The second-order valence-corrected chi connectivity index (χ2v) is 4.75. The number of halogens is 1. The third-order valence-corrected chi connectivity index (χ3v) is 2.68. The number of aryl methyl sites for hydroxylation is 1. The fourth-order valence-corrected chi connectivity index (χ4v) is 1.62. The van der Waals surface area contributed by atoms with Gasteiger partial charge in [0.2, 0.25) is 0 Å². The summed E-state index contributed by atoms with van der Waals surface area (Å²) in [6.07, 6.45) is 1.55. The second-order valence-electron chi connectivity index (χ2n) is 4.31. The normalized spacial score (nSPS) is 10.7. The Bertz CT molecular complexity index is 356. The number of ketones is 1. The van der Waals surface area contributed by atoms with Crippen molar-refractivity contribution in [2.45, 2.75) is 33.6 Å². The lowest BCUT2D eigenvalue weighted by Gasteiger charge is -2.07. The second kappa shape index (κ2) is 5.32. The van der Waals surface area contributed by atoms with Gasteiger partial charge in [-0.15, -0.1) is 0 Å². The molecule has 0 amide bonds. The largest absolute Gasteiger partial charge is 0.294 e. The van der Waals surface area contributed by atoms with E-state index in [1.807, 2.05) is 19.1 Å². The van der Waals surface area contributed by atoms with Gasteiger partial charge in [-0.25, -0.2) is 0 Å². The zero-order valence-electron chi connectivity index (χ0n) is 9.51. The highest BCUT2D eigenvalue weighted by Crippen LogP contribution is 2.18. The molecule has 0 atom stereocenters. The molecule has 1 aromatic rings. The first-order valence-corrected chi connectivity index (χ1v) is 5.68. The van der Waals surface area contributed by atoms with Crippen molar-refractivity contribution in [1.29, 1.82) is 0 Å². The average Bonchev–Trinajstić information content (AvgIpc) is 2.18. The number of rotatable bonds is 4. The molecule has 82 valence electrons. The summed E-state index contributed by atoms with van der Waals surface area (Å²) in [7, 11) is 0. The molecular formula is C13H17ClO. The Morgan fingerprint density at radius 1 is 1.40 bits per heavy atom. The van der Waals surface area contributed by atoms with Crippen LogP contribution in [0.15, 0.2) is 18.2 Å². The highest BCUT2D eigenvalue weighted by Gasteiger charge is 2.10. The Hall–Kier alpha value is -0.820. The van der Waals surface area contributed by atoms with E-state index < -0.39 is 0 Å². The molecule has 0 aromatic heterocycles. The molecule has 0 radical (unpaired) electrons. The fourth-order valence-electron chi connectivity index (χ4n) is 1.45. The molecule has 0 spiro atoms. The van der Waals surface area contributed by atoms with Gasteiger partial charge < -0.3 is 0 Å². The molecule has 1 aromatic carbocycles. The molecular weight excluding hydrogens is 208 g/mol. The van der Waals surface area contributed by atoms with E-state index in [-0.39, 0.29) is 5.78 Å². The van der Waals surface area contributed by atoms with Gasteiger partial charge in [0, 0.05) is 17.0 Å². The van der Waals surface area contributed by atoms with E-state index in [2.05, 4.69) is 13.8 Å².